The Balaban J connectivity index is 2.13. The highest BCUT2D eigenvalue weighted by atomic mass is 79.9. The van der Waals surface area contributed by atoms with E-state index in [4.69, 9.17) is 8.92 Å². The third-order valence-corrected chi connectivity index (χ3v) is 4.65. The molecule has 2 rings (SSSR count). The van der Waals surface area contributed by atoms with Crippen molar-refractivity contribution in [2.75, 3.05) is 13.2 Å². The van der Waals surface area contributed by atoms with E-state index in [1.807, 2.05) is 13.1 Å². The summed E-state index contributed by atoms with van der Waals surface area (Å²) < 4.78 is 37.2. The maximum absolute atomic E-state index is 12.1. The Morgan fingerprint density at radius 2 is 2.14 bits per heavy atom. The van der Waals surface area contributed by atoms with E-state index in [-0.39, 0.29) is 11.5 Å². The molecule has 0 aliphatic heterocycles. The van der Waals surface area contributed by atoms with Gasteiger partial charge in [0.25, 0.3) is 0 Å². The molecule has 0 bridgehead atoms. The molecule has 1 aromatic carbocycles. The molecule has 120 valence electrons. The van der Waals surface area contributed by atoms with Gasteiger partial charge in [-0.25, -0.2) is 0 Å². The highest BCUT2D eigenvalue weighted by Gasteiger charge is 2.20. The average Bonchev–Trinajstić information content (AvgIpc) is 2.84. The van der Waals surface area contributed by atoms with Crippen LogP contribution in [0.4, 0.5) is 0 Å². The zero-order valence-electron chi connectivity index (χ0n) is 12.3. The van der Waals surface area contributed by atoms with Crippen LogP contribution >= 0.6 is 15.9 Å². The van der Waals surface area contributed by atoms with Crippen LogP contribution in [0.5, 0.6) is 5.75 Å². The van der Waals surface area contributed by atoms with E-state index in [0.717, 1.165) is 10.0 Å². The van der Waals surface area contributed by atoms with Gasteiger partial charge in [0, 0.05) is 6.20 Å². The van der Waals surface area contributed by atoms with E-state index in [1.54, 1.807) is 29.9 Å². The van der Waals surface area contributed by atoms with Crippen LogP contribution in [0.15, 0.2) is 40.0 Å². The van der Waals surface area contributed by atoms with E-state index >= 15 is 0 Å². The first kappa shape index (κ1) is 17.0. The molecule has 0 unspecified atom stereocenters. The van der Waals surface area contributed by atoms with Crippen molar-refractivity contribution >= 4 is 26.0 Å². The number of benzene rings is 1. The van der Waals surface area contributed by atoms with Crippen LogP contribution < -0.4 is 4.74 Å². The number of ether oxygens (including phenoxy) is 1. The number of aromatic nitrogens is 2. The van der Waals surface area contributed by atoms with Crippen LogP contribution in [-0.4, -0.2) is 31.4 Å². The molecule has 22 heavy (non-hydrogen) atoms. The molecule has 2 aromatic rings. The summed E-state index contributed by atoms with van der Waals surface area (Å²) in [6.45, 7) is 4.38. The Morgan fingerprint density at radius 1 is 1.36 bits per heavy atom. The minimum atomic E-state index is -3.80. The largest absolute Gasteiger partial charge is 0.490 e. The zero-order chi connectivity index (χ0) is 16.2. The van der Waals surface area contributed by atoms with Gasteiger partial charge in [0.05, 0.1) is 23.8 Å². The van der Waals surface area contributed by atoms with Gasteiger partial charge >= 0.3 is 10.1 Å². The quantitative estimate of drug-likeness (QED) is 0.681. The third-order valence-electron chi connectivity index (χ3n) is 2.82. The second-order valence-electron chi connectivity index (χ2n) is 4.58. The lowest BCUT2D eigenvalue weighted by Crippen LogP contribution is -2.12. The van der Waals surface area contributed by atoms with Gasteiger partial charge in [0.2, 0.25) is 0 Å². The van der Waals surface area contributed by atoms with Crippen LogP contribution in [-0.2, 0) is 20.8 Å². The fourth-order valence-electron chi connectivity index (χ4n) is 1.86. The predicted octanol–water partition coefficient (Wildman–Crippen LogP) is 2.76. The van der Waals surface area contributed by atoms with Gasteiger partial charge in [-0.3, -0.25) is 8.86 Å². The van der Waals surface area contributed by atoms with E-state index in [0.29, 0.717) is 18.9 Å². The van der Waals surface area contributed by atoms with Crippen molar-refractivity contribution in [1.82, 2.24) is 9.78 Å². The Kier molecular flexibility index (Phi) is 5.60. The molecule has 0 N–H and O–H groups in total. The van der Waals surface area contributed by atoms with Crippen molar-refractivity contribution < 1.29 is 17.3 Å². The lowest BCUT2D eigenvalue weighted by Gasteiger charge is -2.12. The number of aryl methyl sites for hydroxylation is 1. The lowest BCUT2D eigenvalue weighted by atomic mass is 10.2. The first-order valence-electron chi connectivity index (χ1n) is 6.73. The van der Waals surface area contributed by atoms with Crippen LogP contribution in [0.25, 0.3) is 0 Å². The van der Waals surface area contributed by atoms with Gasteiger partial charge in [0.15, 0.2) is 0 Å². The standard InChI is InChI=1S/C14H17BrN2O4S/c1-3-21-22(18,19)14-5-4-11(2)8-13(14)20-7-6-17-10-12(15)9-16-17/h4-5,8-10H,3,6-7H2,1-2H3. The maximum Gasteiger partial charge on any atom is 0.300 e. The Labute approximate surface area is 138 Å². The Morgan fingerprint density at radius 3 is 2.77 bits per heavy atom. The second kappa shape index (κ2) is 7.26. The minimum Gasteiger partial charge on any atom is -0.490 e. The fourth-order valence-corrected chi connectivity index (χ4v) is 3.23. The van der Waals surface area contributed by atoms with Crippen LogP contribution in [0.2, 0.25) is 0 Å². The summed E-state index contributed by atoms with van der Waals surface area (Å²) in [5.74, 6) is 0.291. The summed E-state index contributed by atoms with van der Waals surface area (Å²) in [5.41, 5.74) is 0.910. The summed E-state index contributed by atoms with van der Waals surface area (Å²) >= 11 is 3.31. The second-order valence-corrected chi connectivity index (χ2v) is 7.08. The van der Waals surface area contributed by atoms with E-state index in [1.165, 1.54) is 6.07 Å². The molecule has 6 nitrogen and oxygen atoms in total. The number of nitrogens with zero attached hydrogens (tertiary/aromatic N) is 2. The highest BCUT2D eigenvalue weighted by Crippen LogP contribution is 2.26. The number of rotatable bonds is 7. The average molecular weight is 389 g/mol. The summed E-state index contributed by atoms with van der Waals surface area (Å²) in [6, 6.07) is 4.90. The van der Waals surface area contributed by atoms with Gasteiger partial charge in [-0.2, -0.15) is 13.5 Å². The normalized spacial score (nSPS) is 11.6. The van der Waals surface area contributed by atoms with E-state index < -0.39 is 10.1 Å². The third kappa shape index (κ3) is 4.31. The molecule has 0 saturated heterocycles. The molecule has 1 aromatic heterocycles. The van der Waals surface area contributed by atoms with Gasteiger partial charge < -0.3 is 4.74 Å². The fraction of sp³-hybridized carbons (Fsp3) is 0.357. The summed E-state index contributed by atoms with van der Waals surface area (Å²) in [6.07, 6.45) is 3.50. The summed E-state index contributed by atoms with van der Waals surface area (Å²) in [4.78, 5) is 0.0431. The van der Waals surface area contributed by atoms with Crippen LogP contribution in [0.1, 0.15) is 12.5 Å². The number of hydrogen-bond donors (Lipinski definition) is 0. The predicted molar refractivity (Wildman–Crippen MR) is 85.4 cm³/mol. The smallest absolute Gasteiger partial charge is 0.300 e. The monoisotopic (exact) mass is 388 g/mol. The molecule has 0 fully saturated rings. The van der Waals surface area contributed by atoms with E-state index in [9.17, 15) is 8.42 Å². The van der Waals surface area contributed by atoms with Gasteiger partial charge in [-0.05, 0) is 47.5 Å². The summed E-state index contributed by atoms with van der Waals surface area (Å²) in [7, 11) is -3.80. The molecule has 0 saturated carbocycles. The number of halogens is 1. The lowest BCUT2D eigenvalue weighted by molar-refractivity contribution is 0.280. The van der Waals surface area contributed by atoms with E-state index in [2.05, 4.69) is 21.0 Å². The first-order chi connectivity index (χ1) is 10.4. The van der Waals surface area contributed by atoms with Gasteiger partial charge in [-0.1, -0.05) is 6.07 Å². The van der Waals surface area contributed by atoms with Crippen LogP contribution in [0, 0.1) is 6.92 Å². The van der Waals surface area contributed by atoms with Crippen molar-refractivity contribution in [2.45, 2.75) is 25.3 Å². The molecule has 0 amide bonds. The van der Waals surface area contributed by atoms with Gasteiger partial charge in [0.1, 0.15) is 17.3 Å². The van der Waals surface area contributed by atoms with Crippen molar-refractivity contribution in [3.63, 3.8) is 0 Å². The highest BCUT2D eigenvalue weighted by molar-refractivity contribution is 9.10. The molecular formula is C14H17BrN2O4S. The SMILES string of the molecule is CCOS(=O)(=O)c1ccc(C)cc1OCCn1cc(Br)cn1. The number of hydrogen-bond acceptors (Lipinski definition) is 5. The molecule has 0 atom stereocenters. The maximum atomic E-state index is 12.1. The Bertz CT molecular complexity index is 743. The molecule has 8 heteroatoms. The molecule has 0 aliphatic carbocycles. The topological polar surface area (TPSA) is 70.4 Å². The minimum absolute atomic E-state index is 0.0431. The summed E-state index contributed by atoms with van der Waals surface area (Å²) in [5, 5.41) is 4.11. The van der Waals surface area contributed by atoms with Crippen molar-refractivity contribution in [2.24, 2.45) is 0 Å². The molecule has 1 heterocycles. The molecule has 0 spiro atoms. The first-order valence-corrected chi connectivity index (χ1v) is 8.93. The Hall–Kier alpha value is -1.38. The van der Waals surface area contributed by atoms with Crippen molar-refractivity contribution in [3.05, 3.63) is 40.6 Å². The van der Waals surface area contributed by atoms with Gasteiger partial charge in [-0.15, -0.1) is 0 Å². The molecule has 0 radical (unpaired) electrons. The van der Waals surface area contributed by atoms with Crippen molar-refractivity contribution in [3.8, 4) is 5.75 Å². The molecular weight excluding hydrogens is 372 g/mol. The zero-order valence-corrected chi connectivity index (χ0v) is 14.7. The molecule has 0 aliphatic rings. The van der Waals surface area contributed by atoms with Crippen LogP contribution in [0.3, 0.4) is 0 Å². The van der Waals surface area contributed by atoms with Crippen molar-refractivity contribution in [1.29, 1.82) is 0 Å².